The van der Waals surface area contributed by atoms with Crippen LogP contribution in [0.4, 0.5) is 21.6 Å². The summed E-state index contributed by atoms with van der Waals surface area (Å²) in [6.45, 7) is 5.61. The Balaban J connectivity index is 0.974. The van der Waals surface area contributed by atoms with Crippen LogP contribution in [-0.2, 0) is 17.6 Å². The predicted molar refractivity (Wildman–Crippen MR) is 203 cm³/mol. The van der Waals surface area contributed by atoms with Crippen LogP contribution in [0.2, 0.25) is 5.02 Å². The van der Waals surface area contributed by atoms with Crippen LogP contribution in [0.15, 0.2) is 84.9 Å². The van der Waals surface area contributed by atoms with Gasteiger partial charge in [0.15, 0.2) is 5.78 Å². The van der Waals surface area contributed by atoms with Gasteiger partial charge in [-0.3, -0.25) is 14.4 Å². The molecule has 0 unspecified atom stereocenters. The first-order chi connectivity index (χ1) is 25.2. The minimum atomic E-state index is -0.502. The number of carbonyl (C=O) groups excluding carboxylic acids is 3. The molecule has 0 bridgehead atoms. The SMILES string of the molecule is Cc1ccc(C(=O)Nc2ccc(C(=O)N3CCc4cc(C(=O)Cc5c(F)cccc5Cl)sc4-c4ccccc43)cc2)c(N2CC3(CCOCC3)C2)n1. The van der Waals surface area contributed by atoms with Crippen molar-refractivity contribution < 1.29 is 23.5 Å². The highest BCUT2D eigenvalue weighted by Crippen LogP contribution is 2.44. The van der Waals surface area contributed by atoms with Crippen LogP contribution in [0, 0.1) is 18.2 Å². The van der Waals surface area contributed by atoms with E-state index in [0.717, 1.165) is 66.5 Å². The summed E-state index contributed by atoms with van der Waals surface area (Å²) in [5.41, 5.74) is 5.41. The average molecular weight is 735 g/mol. The first-order valence-electron chi connectivity index (χ1n) is 17.4. The van der Waals surface area contributed by atoms with Crippen molar-refractivity contribution in [3.63, 3.8) is 0 Å². The van der Waals surface area contributed by atoms with Gasteiger partial charge in [-0.15, -0.1) is 11.3 Å². The Hall–Kier alpha value is -4.90. The number of anilines is 3. The summed E-state index contributed by atoms with van der Waals surface area (Å²) in [6, 6.07) is 24.5. The molecule has 5 heterocycles. The summed E-state index contributed by atoms with van der Waals surface area (Å²) in [5, 5.41) is 3.23. The van der Waals surface area contributed by atoms with E-state index in [1.165, 1.54) is 23.5 Å². The van der Waals surface area contributed by atoms with E-state index in [-0.39, 0.29) is 40.0 Å². The molecule has 5 aromatic rings. The predicted octanol–water partition coefficient (Wildman–Crippen LogP) is 8.41. The second-order valence-electron chi connectivity index (χ2n) is 13.8. The molecule has 8 rings (SSSR count). The Morgan fingerprint density at radius 1 is 0.981 bits per heavy atom. The third-order valence-corrected chi connectivity index (χ3v) is 11.9. The van der Waals surface area contributed by atoms with Crippen molar-refractivity contribution in [1.82, 2.24) is 4.98 Å². The number of carbonyl (C=O) groups is 3. The van der Waals surface area contributed by atoms with Crippen LogP contribution >= 0.6 is 22.9 Å². The molecule has 1 N–H and O–H groups in total. The lowest BCUT2D eigenvalue weighted by atomic mass is 9.73. The van der Waals surface area contributed by atoms with Gasteiger partial charge in [-0.25, -0.2) is 9.37 Å². The molecule has 264 valence electrons. The molecule has 0 aliphatic carbocycles. The van der Waals surface area contributed by atoms with E-state index in [1.807, 2.05) is 49.4 Å². The van der Waals surface area contributed by atoms with Gasteiger partial charge >= 0.3 is 0 Å². The lowest BCUT2D eigenvalue weighted by Crippen LogP contribution is -2.59. The number of pyridine rings is 1. The average Bonchev–Trinajstić information content (AvgIpc) is 3.50. The number of amides is 2. The van der Waals surface area contributed by atoms with Gasteiger partial charge in [0, 0.05) is 82.7 Å². The quantitative estimate of drug-likeness (QED) is 0.169. The summed E-state index contributed by atoms with van der Waals surface area (Å²) < 4.78 is 20.0. The van der Waals surface area contributed by atoms with Gasteiger partial charge in [-0.2, -0.15) is 0 Å². The van der Waals surface area contributed by atoms with Crippen LogP contribution in [-0.4, -0.2) is 55.4 Å². The number of halogens is 2. The van der Waals surface area contributed by atoms with Gasteiger partial charge < -0.3 is 19.9 Å². The molecule has 2 aromatic heterocycles. The minimum absolute atomic E-state index is 0.133. The number of rotatable bonds is 7. The lowest BCUT2D eigenvalue weighted by molar-refractivity contribution is -0.000519. The number of thiophene rings is 1. The third-order valence-electron chi connectivity index (χ3n) is 10.3. The molecule has 0 saturated carbocycles. The third kappa shape index (κ3) is 6.51. The van der Waals surface area contributed by atoms with Crippen molar-refractivity contribution in [2.24, 2.45) is 5.41 Å². The van der Waals surface area contributed by atoms with Crippen LogP contribution in [0.1, 0.15) is 60.1 Å². The van der Waals surface area contributed by atoms with E-state index in [1.54, 1.807) is 35.2 Å². The van der Waals surface area contributed by atoms with E-state index in [4.69, 9.17) is 21.3 Å². The number of aryl methyl sites for hydroxylation is 1. The number of Topliss-reactive ketones (excluding diaryl/α,β-unsaturated/α-hetero) is 1. The van der Waals surface area contributed by atoms with Crippen molar-refractivity contribution in [2.75, 3.05) is 48.0 Å². The fraction of sp³-hybridized carbons (Fsp3) is 0.268. The fourth-order valence-electron chi connectivity index (χ4n) is 7.44. The molecular formula is C41H36ClFN4O4S. The maximum absolute atomic E-state index is 14.4. The van der Waals surface area contributed by atoms with Gasteiger partial charge in [0.25, 0.3) is 11.8 Å². The summed E-state index contributed by atoms with van der Waals surface area (Å²) in [6.07, 6.45) is 2.45. The molecule has 1 spiro atoms. The Morgan fingerprint density at radius 2 is 1.75 bits per heavy atom. The number of ketones is 1. The summed E-state index contributed by atoms with van der Waals surface area (Å²) in [5.74, 6) is -0.438. The Labute approximate surface area is 310 Å². The molecule has 8 nitrogen and oxygen atoms in total. The first-order valence-corrected chi connectivity index (χ1v) is 18.6. The number of fused-ring (bicyclic) bond motifs is 3. The smallest absolute Gasteiger partial charge is 0.259 e. The normalized spacial score (nSPS) is 16.1. The van der Waals surface area contributed by atoms with E-state index in [2.05, 4.69) is 10.2 Å². The zero-order valence-corrected chi connectivity index (χ0v) is 30.2. The molecule has 0 atom stereocenters. The van der Waals surface area contributed by atoms with Crippen molar-refractivity contribution in [1.29, 1.82) is 0 Å². The van der Waals surface area contributed by atoms with Crippen molar-refractivity contribution in [3.05, 3.63) is 129 Å². The highest BCUT2D eigenvalue weighted by Gasteiger charge is 2.45. The Morgan fingerprint density at radius 3 is 2.52 bits per heavy atom. The molecule has 11 heteroatoms. The highest BCUT2D eigenvalue weighted by molar-refractivity contribution is 7.17. The first kappa shape index (κ1) is 34.2. The van der Waals surface area contributed by atoms with Gasteiger partial charge in [0.05, 0.1) is 16.1 Å². The van der Waals surface area contributed by atoms with Gasteiger partial charge in [0.2, 0.25) is 0 Å². The van der Waals surface area contributed by atoms with Crippen molar-refractivity contribution >= 4 is 57.7 Å². The second kappa shape index (κ2) is 13.9. The zero-order chi connectivity index (χ0) is 36.0. The monoisotopic (exact) mass is 734 g/mol. The number of nitrogens with one attached hydrogen (secondary N) is 1. The summed E-state index contributed by atoms with van der Waals surface area (Å²) in [4.78, 5) is 51.0. The number of benzene rings is 3. The maximum Gasteiger partial charge on any atom is 0.259 e. The van der Waals surface area contributed by atoms with Gasteiger partial charge in [-0.1, -0.05) is 35.9 Å². The van der Waals surface area contributed by atoms with Crippen molar-refractivity contribution in [3.8, 4) is 10.4 Å². The van der Waals surface area contributed by atoms with Crippen LogP contribution in [0.25, 0.3) is 10.4 Å². The number of aromatic nitrogens is 1. The van der Waals surface area contributed by atoms with Gasteiger partial charge in [0.1, 0.15) is 11.6 Å². The molecule has 2 fully saturated rings. The maximum atomic E-state index is 14.4. The number of hydrogen-bond donors (Lipinski definition) is 1. The van der Waals surface area contributed by atoms with E-state index >= 15 is 0 Å². The molecule has 0 radical (unpaired) electrons. The van der Waals surface area contributed by atoms with Gasteiger partial charge in [-0.05, 0) is 92.4 Å². The number of nitrogens with zero attached hydrogens (tertiary/aromatic N) is 3. The number of ether oxygens (including phenoxy) is 1. The summed E-state index contributed by atoms with van der Waals surface area (Å²) in [7, 11) is 0. The lowest BCUT2D eigenvalue weighted by Gasteiger charge is -2.53. The molecule has 52 heavy (non-hydrogen) atoms. The number of para-hydroxylation sites is 1. The highest BCUT2D eigenvalue weighted by atomic mass is 35.5. The standard InChI is InChI=1S/C41H36ClFN4O4S/c1-25-9-14-30(38(44-25)46-23-41(24-46)16-19-51-20-17-41)39(49)45-28-12-10-26(11-13-28)40(50)47-18-15-27-21-36(52-37(27)29-5-2-3-8-34(29)47)35(48)22-31-32(42)6-4-7-33(31)43/h2-14,21H,15-20,22-24H2,1H3,(H,45,49). The molecule has 3 aliphatic heterocycles. The minimum Gasteiger partial charge on any atom is -0.381 e. The van der Waals surface area contributed by atoms with E-state index < -0.39 is 5.82 Å². The van der Waals surface area contributed by atoms with E-state index in [0.29, 0.717) is 40.5 Å². The van der Waals surface area contributed by atoms with E-state index in [9.17, 15) is 18.8 Å². The Bertz CT molecular complexity index is 2190. The van der Waals surface area contributed by atoms with Crippen LogP contribution < -0.4 is 15.1 Å². The molecular weight excluding hydrogens is 699 g/mol. The van der Waals surface area contributed by atoms with Crippen molar-refractivity contribution in [2.45, 2.75) is 32.6 Å². The zero-order valence-electron chi connectivity index (χ0n) is 28.6. The fourth-order valence-corrected chi connectivity index (χ4v) is 8.85. The molecule has 3 aliphatic rings. The Kier molecular flexibility index (Phi) is 9.15. The van der Waals surface area contributed by atoms with Crippen LogP contribution in [0.5, 0.6) is 0 Å². The second-order valence-corrected chi connectivity index (χ2v) is 15.3. The summed E-state index contributed by atoms with van der Waals surface area (Å²) >= 11 is 7.55. The molecule has 2 saturated heterocycles. The molecule has 3 aromatic carbocycles. The largest absolute Gasteiger partial charge is 0.381 e. The molecule has 2 amide bonds. The topological polar surface area (TPSA) is 91.8 Å². The number of hydrogen-bond acceptors (Lipinski definition) is 7. The van der Waals surface area contributed by atoms with Crippen LogP contribution in [0.3, 0.4) is 0 Å².